The molecule has 0 spiro atoms. The fraction of sp³-hybridized carbons (Fsp3) is 0. The van der Waals surface area contributed by atoms with E-state index in [9.17, 15) is 20.2 Å². The van der Waals surface area contributed by atoms with Crippen LogP contribution in [0.5, 0.6) is 34.5 Å². The van der Waals surface area contributed by atoms with Gasteiger partial charge in [0.15, 0.2) is 23.0 Å². The van der Waals surface area contributed by atoms with E-state index in [1.54, 1.807) is 48.5 Å². The Hall–Kier alpha value is -4.92. The smallest absolute Gasteiger partial charge is 0.269 e. The minimum absolute atomic E-state index is 0.0378. The Labute approximate surface area is 187 Å². The van der Waals surface area contributed by atoms with E-state index in [4.69, 9.17) is 14.2 Å². The molecule has 0 saturated heterocycles. The molecule has 0 saturated carbocycles. The molecule has 4 aromatic carbocycles. The molecular weight excluding hydrogens is 428 g/mol. The maximum Gasteiger partial charge on any atom is 0.269 e. The molecule has 9 heteroatoms. The van der Waals surface area contributed by atoms with Crippen molar-refractivity contribution >= 4 is 11.4 Å². The standard InChI is InChI=1S/C24H16N2O7/c27-25(28)17-9-13-19(14-10-17)31-21-5-1-3-7-23(21)33-24-8-4-2-6-22(24)32-20-15-11-18(12-16-20)26(29)30/h1-16H. The highest BCUT2D eigenvalue weighted by Gasteiger charge is 2.13. The van der Waals surface area contributed by atoms with Crippen LogP contribution in [0, 0.1) is 20.2 Å². The SMILES string of the molecule is O=[N+]([O-])c1ccc(Oc2ccccc2Oc2ccccc2Oc2ccc([N+](=O)[O-])cc2)cc1. The minimum Gasteiger partial charge on any atom is -0.453 e. The van der Waals surface area contributed by atoms with E-state index in [1.807, 2.05) is 0 Å². The van der Waals surface area contributed by atoms with Crippen LogP contribution in [-0.4, -0.2) is 9.85 Å². The van der Waals surface area contributed by atoms with E-state index in [1.165, 1.54) is 48.5 Å². The average Bonchev–Trinajstić information content (AvgIpc) is 2.82. The van der Waals surface area contributed by atoms with Crippen molar-refractivity contribution in [3.05, 3.63) is 117 Å². The Morgan fingerprint density at radius 1 is 0.455 bits per heavy atom. The van der Waals surface area contributed by atoms with Gasteiger partial charge in [-0.2, -0.15) is 0 Å². The van der Waals surface area contributed by atoms with Crippen molar-refractivity contribution in [3.8, 4) is 34.5 Å². The number of nitrogens with zero attached hydrogens (tertiary/aromatic N) is 2. The maximum absolute atomic E-state index is 10.8. The Balaban J connectivity index is 1.55. The lowest BCUT2D eigenvalue weighted by atomic mass is 10.2. The number of hydrogen-bond donors (Lipinski definition) is 0. The molecule has 0 aromatic heterocycles. The van der Waals surface area contributed by atoms with Gasteiger partial charge >= 0.3 is 0 Å². The van der Waals surface area contributed by atoms with E-state index in [0.717, 1.165) is 0 Å². The number of nitro groups is 2. The lowest BCUT2D eigenvalue weighted by Gasteiger charge is -2.15. The maximum atomic E-state index is 10.8. The van der Waals surface area contributed by atoms with Crippen LogP contribution in [0.25, 0.3) is 0 Å². The van der Waals surface area contributed by atoms with Gasteiger partial charge in [0.25, 0.3) is 11.4 Å². The number of non-ortho nitro benzene ring substituents is 2. The van der Waals surface area contributed by atoms with Crippen molar-refractivity contribution in [2.75, 3.05) is 0 Å². The predicted octanol–water partition coefficient (Wildman–Crippen LogP) is 6.88. The molecule has 4 rings (SSSR count). The van der Waals surface area contributed by atoms with Gasteiger partial charge in [-0.15, -0.1) is 0 Å². The van der Waals surface area contributed by atoms with E-state index < -0.39 is 9.85 Å². The molecule has 0 heterocycles. The van der Waals surface area contributed by atoms with Crippen molar-refractivity contribution in [3.63, 3.8) is 0 Å². The predicted molar refractivity (Wildman–Crippen MR) is 119 cm³/mol. The Morgan fingerprint density at radius 3 is 1.06 bits per heavy atom. The molecule has 0 radical (unpaired) electrons. The van der Waals surface area contributed by atoms with Crippen LogP contribution in [0.15, 0.2) is 97.1 Å². The van der Waals surface area contributed by atoms with Gasteiger partial charge in [-0.3, -0.25) is 20.2 Å². The highest BCUT2D eigenvalue weighted by atomic mass is 16.6. The van der Waals surface area contributed by atoms with Gasteiger partial charge in [0.05, 0.1) is 9.85 Å². The third kappa shape index (κ3) is 5.23. The summed E-state index contributed by atoms with van der Waals surface area (Å²) in [5.74, 6) is 2.42. The molecule has 0 amide bonds. The summed E-state index contributed by atoms with van der Waals surface area (Å²) in [4.78, 5) is 20.7. The third-order valence-electron chi connectivity index (χ3n) is 4.47. The number of hydrogen-bond acceptors (Lipinski definition) is 7. The molecule has 0 aliphatic heterocycles. The Morgan fingerprint density at radius 2 is 0.758 bits per heavy atom. The van der Waals surface area contributed by atoms with Gasteiger partial charge in [0.2, 0.25) is 0 Å². The van der Waals surface area contributed by atoms with Crippen LogP contribution in [0.1, 0.15) is 0 Å². The molecule has 0 aliphatic rings. The van der Waals surface area contributed by atoms with Crippen LogP contribution >= 0.6 is 0 Å². The van der Waals surface area contributed by atoms with Crippen LogP contribution in [0.2, 0.25) is 0 Å². The molecule has 164 valence electrons. The zero-order valence-electron chi connectivity index (χ0n) is 17.0. The first-order valence-electron chi connectivity index (χ1n) is 9.70. The second-order valence-corrected chi connectivity index (χ2v) is 6.70. The van der Waals surface area contributed by atoms with Gasteiger partial charge < -0.3 is 14.2 Å². The van der Waals surface area contributed by atoms with Gasteiger partial charge in [0, 0.05) is 24.3 Å². The number of para-hydroxylation sites is 4. The van der Waals surface area contributed by atoms with Gasteiger partial charge in [-0.1, -0.05) is 24.3 Å². The third-order valence-corrected chi connectivity index (χ3v) is 4.47. The summed E-state index contributed by atoms with van der Waals surface area (Å²) in [6.07, 6.45) is 0. The second-order valence-electron chi connectivity index (χ2n) is 6.70. The summed E-state index contributed by atoms with van der Waals surface area (Å²) < 4.78 is 17.8. The first-order valence-corrected chi connectivity index (χ1v) is 9.70. The van der Waals surface area contributed by atoms with Crippen LogP contribution in [0.3, 0.4) is 0 Å². The summed E-state index contributed by atoms with van der Waals surface area (Å²) in [5, 5.41) is 21.7. The fourth-order valence-electron chi connectivity index (χ4n) is 2.88. The zero-order chi connectivity index (χ0) is 23.2. The molecule has 33 heavy (non-hydrogen) atoms. The Kier molecular flexibility index (Phi) is 6.12. The molecule has 9 nitrogen and oxygen atoms in total. The molecule has 0 aliphatic carbocycles. The van der Waals surface area contributed by atoms with E-state index in [2.05, 4.69) is 0 Å². The van der Waals surface area contributed by atoms with E-state index in [0.29, 0.717) is 34.5 Å². The minimum atomic E-state index is -0.483. The zero-order valence-corrected chi connectivity index (χ0v) is 17.0. The van der Waals surface area contributed by atoms with Crippen molar-refractivity contribution < 1.29 is 24.1 Å². The number of nitro benzene ring substituents is 2. The summed E-state index contributed by atoms with van der Waals surface area (Å²) >= 11 is 0. The van der Waals surface area contributed by atoms with E-state index >= 15 is 0 Å². The molecule has 0 N–H and O–H groups in total. The van der Waals surface area contributed by atoms with Gasteiger partial charge in [-0.25, -0.2) is 0 Å². The average molecular weight is 444 g/mol. The lowest BCUT2D eigenvalue weighted by molar-refractivity contribution is -0.385. The summed E-state index contributed by atoms with van der Waals surface area (Å²) in [7, 11) is 0. The number of benzene rings is 4. The molecule has 4 aromatic rings. The molecule has 0 fully saturated rings. The first-order chi connectivity index (χ1) is 16.0. The van der Waals surface area contributed by atoms with Crippen molar-refractivity contribution in [1.29, 1.82) is 0 Å². The lowest BCUT2D eigenvalue weighted by Crippen LogP contribution is -1.94. The quantitative estimate of drug-likeness (QED) is 0.215. The van der Waals surface area contributed by atoms with Crippen LogP contribution < -0.4 is 14.2 Å². The summed E-state index contributed by atoms with van der Waals surface area (Å²) in [6, 6.07) is 25.3. The molecule has 0 bridgehead atoms. The first kappa shape index (κ1) is 21.3. The molecule has 0 atom stereocenters. The fourth-order valence-corrected chi connectivity index (χ4v) is 2.88. The molecule has 0 unspecified atom stereocenters. The van der Waals surface area contributed by atoms with Crippen LogP contribution in [0.4, 0.5) is 11.4 Å². The topological polar surface area (TPSA) is 114 Å². The second kappa shape index (κ2) is 9.48. The van der Waals surface area contributed by atoms with Crippen LogP contribution in [-0.2, 0) is 0 Å². The summed E-state index contributed by atoms with van der Waals surface area (Å²) in [6.45, 7) is 0. The highest BCUT2D eigenvalue weighted by molar-refractivity contribution is 5.50. The largest absolute Gasteiger partial charge is 0.453 e. The van der Waals surface area contributed by atoms with Gasteiger partial charge in [-0.05, 0) is 48.5 Å². The Bertz CT molecular complexity index is 1190. The number of ether oxygens (including phenoxy) is 3. The normalized spacial score (nSPS) is 10.3. The van der Waals surface area contributed by atoms with E-state index in [-0.39, 0.29) is 11.4 Å². The van der Waals surface area contributed by atoms with Crippen molar-refractivity contribution in [1.82, 2.24) is 0 Å². The van der Waals surface area contributed by atoms with Crippen molar-refractivity contribution in [2.45, 2.75) is 0 Å². The molecular formula is C24H16N2O7. The monoisotopic (exact) mass is 444 g/mol. The highest BCUT2D eigenvalue weighted by Crippen LogP contribution is 2.39. The summed E-state index contributed by atoms with van der Waals surface area (Å²) in [5.41, 5.74) is -0.0755. The number of rotatable bonds is 8. The van der Waals surface area contributed by atoms with Gasteiger partial charge in [0.1, 0.15) is 11.5 Å². The van der Waals surface area contributed by atoms with Crippen molar-refractivity contribution in [2.24, 2.45) is 0 Å².